The molecule has 2 nitrogen and oxygen atoms in total. The Morgan fingerprint density at radius 1 is 1.42 bits per heavy atom. The van der Waals surface area contributed by atoms with Crippen molar-refractivity contribution in [2.45, 2.75) is 6.92 Å². The Labute approximate surface area is 72.2 Å². The van der Waals surface area contributed by atoms with Gasteiger partial charge in [-0.05, 0) is 6.92 Å². The molecule has 0 fully saturated rings. The fourth-order valence-electron chi connectivity index (χ4n) is 0.866. The van der Waals surface area contributed by atoms with Gasteiger partial charge in [0.05, 0.1) is 6.61 Å². The van der Waals surface area contributed by atoms with Gasteiger partial charge in [-0.15, -0.1) is 0 Å². The lowest BCUT2D eigenvalue weighted by Gasteiger charge is -1.99. The van der Waals surface area contributed by atoms with Gasteiger partial charge in [-0.3, -0.25) is 4.79 Å². The fourth-order valence-corrected chi connectivity index (χ4v) is 0.866. The van der Waals surface area contributed by atoms with Crippen molar-refractivity contribution in [2.75, 3.05) is 6.61 Å². The van der Waals surface area contributed by atoms with Crippen molar-refractivity contribution in [1.29, 1.82) is 0 Å². The second-order valence-electron chi connectivity index (χ2n) is 2.34. The molecule has 0 spiro atoms. The Morgan fingerprint density at radius 3 is 2.67 bits per heavy atom. The molecule has 0 bridgehead atoms. The molecule has 1 radical (unpaired) electrons. The standard InChI is InChI=1S/C10H11O2/c1-2-12-8-10(11)9-6-4-3-5-7-9/h2-7H,8H2,1H3. The first-order chi connectivity index (χ1) is 5.84. The van der Waals surface area contributed by atoms with E-state index < -0.39 is 0 Å². The van der Waals surface area contributed by atoms with Crippen LogP contribution in [0.2, 0.25) is 0 Å². The molecule has 0 aliphatic heterocycles. The van der Waals surface area contributed by atoms with Crippen LogP contribution in [-0.2, 0) is 4.74 Å². The Bertz CT molecular complexity index is 241. The van der Waals surface area contributed by atoms with Gasteiger partial charge in [0, 0.05) is 5.56 Å². The summed E-state index contributed by atoms with van der Waals surface area (Å²) in [6, 6.07) is 9.11. The highest BCUT2D eigenvalue weighted by Crippen LogP contribution is 2.00. The third-order valence-corrected chi connectivity index (χ3v) is 1.48. The van der Waals surface area contributed by atoms with Crippen LogP contribution in [0.3, 0.4) is 0 Å². The van der Waals surface area contributed by atoms with Crippen LogP contribution in [0.15, 0.2) is 30.3 Å². The molecule has 0 amide bonds. The maximum atomic E-state index is 11.3. The largest absolute Gasteiger partial charge is 0.368 e. The number of ether oxygens (including phenoxy) is 1. The summed E-state index contributed by atoms with van der Waals surface area (Å²) in [4.78, 5) is 11.3. The van der Waals surface area contributed by atoms with Crippen LogP contribution in [0.1, 0.15) is 17.3 Å². The molecule has 1 aromatic rings. The van der Waals surface area contributed by atoms with Gasteiger partial charge in [0.15, 0.2) is 5.78 Å². The predicted octanol–water partition coefficient (Wildman–Crippen LogP) is 2.07. The number of hydrogen-bond acceptors (Lipinski definition) is 2. The second-order valence-corrected chi connectivity index (χ2v) is 2.34. The second kappa shape index (κ2) is 4.67. The van der Waals surface area contributed by atoms with E-state index in [2.05, 4.69) is 0 Å². The molecular formula is C10H11O2. The van der Waals surface area contributed by atoms with E-state index in [-0.39, 0.29) is 12.4 Å². The van der Waals surface area contributed by atoms with E-state index in [1.54, 1.807) is 19.1 Å². The summed E-state index contributed by atoms with van der Waals surface area (Å²) in [5.74, 6) is 0.00806. The number of carbonyl (C=O) groups excluding carboxylic acids is 1. The van der Waals surface area contributed by atoms with Gasteiger partial charge in [-0.1, -0.05) is 30.3 Å². The SMILES string of the molecule is C[CH]OCC(=O)c1ccccc1. The number of ketones is 1. The molecule has 1 aromatic carbocycles. The van der Waals surface area contributed by atoms with E-state index in [1.165, 1.54) is 6.61 Å². The van der Waals surface area contributed by atoms with Crippen molar-refractivity contribution in [3.8, 4) is 0 Å². The molecule has 1 rings (SSSR count). The number of carbonyl (C=O) groups is 1. The predicted molar refractivity (Wildman–Crippen MR) is 46.7 cm³/mol. The van der Waals surface area contributed by atoms with Crippen LogP contribution in [0.25, 0.3) is 0 Å². The van der Waals surface area contributed by atoms with Gasteiger partial charge in [0.1, 0.15) is 6.61 Å². The van der Waals surface area contributed by atoms with Crippen LogP contribution < -0.4 is 0 Å². The molecule has 0 saturated carbocycles. The molecular weight excluding hydrogens is 152 g/mol. The van der Waals surface area contributed by atoms with Crippen molar-refractivity contribution < 1.29 is 9.53 Å². The van der Waals surface area contributed by atoms with E-state index >= 15 is 0 Å². The van der Waals surface area contributed by atoms with E-state index in [1.807, 2.05) is 18.2 Å². The minimum Gasteiger partial charge on any atom is -0.368 e. The monoisotopic (exact) mass is 163 g/mol. The number of hydrogen-bond donors (Lipinski definition) is 0. The summed E-state index contributed by atoms with van der Waals surface area (Å²) in [6.07, 6.45) is 0. The summed E-state index contributed by atoms with van der Waals surface area (Å²) in [5.41, 5.74) is 0.694. The minimum absolute atomic E-state index is 0.00806. The molecule has 0 N–H and O–H groups in total. The summed E-state index contributed by atoms with van der Waals surface area (Å²) >= 11 is 0. The van der Waals surface area contributed by atoms with E-state index in [0.29, 0.717) is 5.56 Å². The molecule has 0 heterocycles. The highest BCUT2D eigenvalue weighted by atomic mass is 16.5. The maximum absolute atomic E-state index is 11.3. The lowest BCUT2D eigenvalue weighted by Crippen LogP contribution is -2.06. The molecule has 0 atom stereocenters. The van der Waals surface area contributed by atoms with E-state index in [4.69, 9.17) is 4.74 Å². The Kier molecular flexibility index (Phi) is 3.48. The lowest BCUT2D eigenvalue weighted by atomic mass is 10.1. The normalized spacial score (nSPS) is 9.75. The molecule has 63 valence electrons. The summed E-state index contributed by atoms with van der Waals surface area (Å²) in [7, 11) is 0. The topological polar surface area (TPSA) is 26.3 Å². The molecule has 0 aliphatic rings. The van der Waals surface area contributed by atoms with Crippen molar-refractivity contribution in [3.63, 3.8) is 0 Å². The van der Waals surface area contributed by atoms with Gasteiger partial charge in [0.25, 0.3) is 0 Å². The van der Waals surface area contributed by atoms with Crippen molar-refractivity contribution in [2.24, 2.45) is 0 Å². The first-order valence-corrected chi connectivity index (χ1v) is 3.82. The zero-order valence-electron chi connectivity index (χ0n) is 6.99. The van der Waals surface area contributed by atoms with Crippen molar-refractivity contribution in [3.05, 3.63) is 42.5 Å². The van der Waals surface area contributed by atoms with Gasteiger partial charge in [-0.2, -0.15) is 0 Å². The molecule has 2 heteroatoms. The van der Waals surface area contributed by atoms with Gasteiger partial charge in [-0.25, -0.2) is 0 Å². The highest BCUT2D eigenvalue weighted by molar-refractivity contribution is 5.96. The van der Waals surface area contributed by atoms with E-state index in [0.717, 1.165) is 0 Å². The van der Waals surface area contributed by atoms with Crippen LogP contribution in [0.4, 0.5) is 0 Å². The van der Waals surface area contributed by atoms with Crippen LogP contribution >= 0.6 is 0 Å². The van der Waals surface area contributed by atoms with Gasteiger partial charge < -0.3 is 4.74 Å². The Morgan fingerprint density at radius 2 is 2.08 bits per heavy atom. The summed E-state index contributed by atoms with van der Waals surface area (Å²) < 4.78 is 4.88. The van der Waals surface area contributed by atoms with E-state index in [9.17, 15) is 4.79 Å². The summed E-state index contributed by atoms with van der Waals surface area (Å²) in [6.45, 7) is 3.39. The Hall–Kier alpha value is -1.15. The number of Topliss-reactive ketones (excluding diaryl/α,β-unsaturated/α-hetero) is 1. The van der Waals surface area contributed by atoms with Crippen LogP contribution in [0.5, 0.6) is 0 Å². The minimum atomic E-state index is 0.00806. The fraction of sp³-hybridized carbons (Fsp3) is 0.200. The van der Waals surface area contributed by atoms with Gasteiger partial charge in [0.2, 0.25) is 0 Å². The zero-order chi connectivity index (χ0) is 8.81. The third-order valence-electron chi connectivity index (χ3n) is 1.48. The van der Waals surface area contributed by atoms with Crippen molar-refractivity contribution >= 4 is 5.78 Å². The van der Waals surface area contributed by atoms with Crippen LogP contribution in [0, 0.1) is 6.61 Å². The molecule has 12 heavy (non-hydrogen) atoms. The molecule has 0 saturated heterocycles. The zero-order valence-corrected chi connectivity index (χ0v) is 6.99. The number of rotatable bonds is 4. The van der Waals surface area contributed by atoms with Gasteiger partial charge >= 0.3 is 0 Å². The highest BCUT2D eigenvalue weighted by Gasteiger charge is 2.02. The van der Waals surface area contributed by atoms with Crippen LogP contribution in [-0.4, -0.2) is 12.4 Å². The first kappa shape index (κ1) is 8.94. The smallest absolute Gasteiger partial charge is 0.188 e. The quantitative estimate of drug-likeness (QED) is 0.635. The summed E-state index contributed by atoms with van der Waals surface area (Å²) in [5, 5.41) is 0. The maximum Gasteiger partial charge on any atom is 0.188 e. The average Bonchev–Trinajstić information content (AvgIpc) is 2.15. The Balaban J connectivity index is 2.54. The molecule has 0 aromatic heterocycles. The van der Waals surface area contributed by atoms with Crippen molar-refractivity contribution in [1.82, 2.24) is 0 Å². The molecule has 0 aliphatic carbocycles. The number of benzene rings is 1. The molecule has 0 unspecified atom stereocenters. The lowest BCUT2D eigenvalue weighted by molar-refractivity contribution is 0.0854. The first-order valence-electron chi connectivity index (χ1n) is 3.82. The third kappa shape index (κ3) is 2.47. The average molecular weight is 163 g/mol.